The van der Waals surface area contributed by atoms with Gasteiger partial charge in [0.15, 0.2) is 5.96 Å². The number of likely N-dealkylation sites (N-methyl/N-ethyl adjacent to an activating group) is 1. The quantitative estimate of drug-likeness (QED) is 0.255. The molecule has 1 aliphatic carbocycles. The van der Waals surface area contributed by atoms with Gasteiger partial charge in [0.1, 0.15) is 0 Å². The molecule has 0 aromatic rings. The summed E-state index contributed by atoms with van der Waals surface area (Å²) >= 11 is 0. The fraction of sp³-hybridized carbons (Fsp3) is 0.952. The van der Waals surface area contributed by atoms with Crippen molar-refractivity contribution in [1.82, 2.24) is 20.0 Å². The molecule has 2 rings (SSSR count). The third-order valence-corrected chi connectivity index (χ3v) is 6.07. The second kappa shape index (κ2) is 14.0. The van der Waals surface area contributed by atoms with E-state index in [-0.39, 0.29) is 24.0 Å². The molecule has 1 saturated heterocycles. The standard InChI is InChI=1S/C21H43N5.HI/c1-5-22-21(25(4)18-20-10-8-19(2)9-11-20)23-12-6-14-26-15-7-13-24(3)16-17-26;/h19-20H,5-18H2,1-4H3,(H,22,23);1H. The Hall–Kier alpha value is -0.0800. The zero-order chi connectivity index (χ0) is 18.8. The highest BCUT2D eigenvalue weighted by atomic mass is 127. The van der Waals surface area contributed by atoms with Crippen LogP contribution in [0.2, 0.25) is 0 Å². The van der Waals surface area contributed by atoms with Crippen molar-refractivity contribution in [3.63, 3.8) is 0 Å². The molecular formula is C21H44IN5. The lowest BCUT2D eigenvalue weighted by Crippen LogP contribution is -2.42. The molecule has 2 aliphatic rings. The maximum atomic E-state index is 4.91. The molecule has 1 aliphatic heterocycles. The summed E-state index contributed by atoms with van der Waals surface area (Å²) in [6.07, 6.45) is 8.02. The summed E-state index contributed by atoms with van der Waals surface area (Å²) in [5.74, 6) is 2.87. The first-order valence-electron chi connectivity index (χ1n) is 11.0. The van der Waals surface area contributed by atoms with Gasteiger partial charge in [0.25, 0.3) is 0 Å². The molecular weight excluding hydrogens is 449 g/mol. The minimum atomic E-state index is 0. The third-order valence-electron chi connectivity index (χ3n) is 6.07. The van der Waals surface area contributed by atoms with Crippen LogP contribution in [0.25, 0.3) is 0 Å². The van der Waals surface area contributed by atoms with Gasteiger partial charge in [0.2, 0.25) is 0 Å². The van der Waals surface area contributed by atoms with E-state index >= 15 is 0 Å². The average molecular weight is 494 g/mol. The van der Waals surface area contributed by atoms with E-state index in [1.165, 1.54) is 64.8 Å². The monoisotopic (exact) mass is 493 g/mol. The highest BCUT2D eigenvalue weighted by Gasteiger charge is 2.20. The minimum absolute atomic E-state index is 0. The van der Waals surface area contributed by atoms with Crippen LogP contribution in [0.3, 0.4) is 0 Å². The molecule has 1 N–H and O–H groups in total. The first-order chi connectivity index (χ1) is 12.6. The van der Waals surface area contributed by atoms with Gasteiger partial charge in [-0.1, -0.05) is 19.8 Å². The predicted octanol–water partition coefficient (Wildman–Crippen LogP) is 3.36. The summed E-state index contributed by atoms with van der Waals surface area (Å²) in [4.78, 5) is 12.3. The molecule has 27 heavy (non-hydrogen) atoms. The van der Waals surface area contributed by atoms with Crippen LogP contribution in [0, 0.1) is 11.8 Å². The number of nitrogens with zero attached hydrogens (tertiary/aromatic N) is 4. The van der Waals surface area contributed by atoms with Crippen molar-refractivity contribution in [2.45, 2.75) is 52.4 Å². The Morgan fingerprint density at radius 3 is 2.56 bits per heavy atom. The Kier molecular flexibility index (Phi) is 12.9. The largest absolute Gasteiger partial charge is 0.357 e. The van der Waals surface area contributed by atoms with Crippen molar-refractivity contribution < 1.29 is 0 Å². The number of rotatable bonds is 7. The lowest BCUT2D eigenvalue weighted by Gasteiger charge is -2.31. The number of hydrogen-bond acceptors (Lipinski definition) is 3. The number of halogens is 1. The van der Waals surface area contributed by atoms with Crippen molar-refractivity contribution in [2.24, 2.45) is 16.8 Å². The van der Waals surface area contributed by atoms with Gasteiger partial charge in [-0.2, -0.15) is 0 Å². The highest BCUT2D eigenvalue weighted by molar-refractivity contribution is 14.0. The average Bonchev–Trinajstić information content (AvgIpc) is 2.84. The van der Waals surface area contributed by atoms with E-state index < -0.39 is 0 Å². The fourth-order valence-corrected chi connectivity index (χ4v) is 4.26. The highest BCUT2D eigenvalue weighted by Crippen LogP contribution is 2.28. The molecule has 0 aromatic heterocycles. The van der Waals surface area contributed by atoms with Crippen LogP contribution in [0.1, 0.15) is 52.4 Å². The van der Waals surface area contributed by atoms with Crippen LogP contribution in [0.15, 0.2) is 4.99 Å². The topological polar surface area (TPSA) is 34.1 Å². The zero-order valence-corrected chi connectivity index (χ0v) is 20.6. The number of hydrogen-bond donors (Lipinski definition) is 1. The molecule has 2 fully saturated rings. The van der Waals surface area contributed by atoms with E-state index in [4.69, 9.17) is 4.99 Å². The molecule has 0 atom stereocenters. The van der Waals surface area contributed by atoms with Crippen molar-refractivity contribution in [3.8, 4) is 0 Å². The first-order valence-corrected chi connectivity index (χ1v) is 11.0. The summed E-state index contributed by atoms with van der Waals surface area (Å²) in [7, 11) is 4.45. The Bertz CT molecular complexity index is 409. The van der Waals surface area contributed by atoms with Crippen LogP contribution in [0.5, 0.6) is 0 Å². The van der Waals surface area contributed by atoms with Crippen LogP contribution in [-0.2, 0) is 0 Å². The summed E-state index contributed by atoms with van der Waals surface area (Å²) in [6.45, 7) is 13.7. The van der Waals surface area contributed by atoms with Crippen molar-refractivity contribution in [2.75, 3.05) is 66.5 Å². The SMILES string of the molecule is CCNC(=NCCCN1CCCN(C)CC1)N(C)CC1CCC(C)CC1.I. The van der Waals surface area contributed by atoms with Gasteiger partial charge in [-0.15, -0.1) is 24.0 Å². The number of nitrogens with one attached hydrogen (secondary N) is 1. The van der Waals surface area contributed by atoms with Gasteiger partial charge in [0.05, 0.1) is 0 Å². The molecule has 1 saturated carbocycles. The molecule has 0 radical (unpaired) electrons. The Morgan fingerprint density at radius 2 is 1.85 bits per heavy atom. The minimum Gasteiger partial charge on any atom is -0.357 e. The Morgan fingerprint density at radius 1 is 1.11 bits per heavy atom. The molecule has 0 unspecified atom stereocenters. The molecule has 160 valence electrons. The molecule has 0 spiro atoms. The van der Waals surface area contributed by atoms with E-state index in [1.807, 2.05) is 0 Å². The van der Waals surface area contributed by atoms with Crippen LogP contribution in [-0.4, -0.2) is 87.1 Å². The Labute approximate surface area is 185 Å². The molecule has 0 bridgehead atoms. The zero-order valence-electron chi connectivity index (χ0n) is 18.3. The van der Waals surface area contributed by atoms with Gasteiger partial charge in [-0.05, 0) is 71.1 Å². The van der Waals surface area contributed by atoms with Gasteiger partial charge < -0.3 is 20.0 Å². The second-order valence-electron chi connectivity index (χ2n) is 8.59. The van der Waals surface area contributed by atoms with Crippen LogP contribution in [0.4, 0.5) is 0 Å². The van der Waals surface area contributed by atoms with E-state index in [0.29, 0.717) is 0 Å². The number of aliphatic imine (C=N–C) groups is 1. The summed E-state index contributed by atoms with van der Waals surface area (Å²) in [5.41, 5.74) is 0. The first kappa shape index (κ1) is 25.0. The molecule has 6 heteroatoms. The smallest absolute Gasteiger partial charge is 0.193 e. The number of guanidine groups is 1. The molecule has 1 heterocycles. The van der Waals surface area contributed by atoms with E-state index in [2.05, 4.69) is 48.0 Å². The lowest BCUT2D eigenvalue weighted by molar-refractivity contribution is 0.250. The van der Waals surface area contributed by atoms with Crippen molar-refractivity contribution in [3.05, 3.63) is 0 Å². The summed E-state index contributed by atoms with van der Waals surface area (Å²) < 4.78 is 0. The molecule has 5 nitrogen and oxygen atoms in total. The maximum absolute atomic E-state index is 4.91. The van der Waals surface area contributed by atoms with Gasteiger partial charge >= 0.3 is 0 Å². The van der Waals surface area contributed by atoms with E-state index in [9.17, 15) is 0 Å². The second-order valence-corrected chi connectivity index (χ2v) is 8.59. The van der Waals surface area contributed by atoms with Crippen LogP contribution < -0.4 is 5.32 Å². The van der Waals surface area contributed by atoms with E-state index in [1.54, 1.807) is 0 Å². The summed E-state index contributed by atoms with van der Waals surface area (Å²) in [5, 5.41) is 3.49. The third kappa shape index (κ3) is 9.79. The maximum Gasteiger partial charge on any atom is 0.193 e. The van der Waals surface area contributed by atoms with Crippen molar-refractivity contribution >= 4 is 29.9 Å². The van der Waals surface area contributed by atoms with Crippen LogP contribution >= 0.6 is 24.0 Å². The van der Waals surface area contributed by atoms with E-state index in [0.717, 1.165) is 43.9 Å². The van der Waals surface area contributed by atoms with Gasteiger partial charge in [-0.3, -0.25) is 4.99 Å². The Balaban J connectivity index is 0.00000364. The van der Waals surface area contributed by atoms with Gasteiger partial charge in [-0.25, -0.2) is 0 Å². The lowest BCUT2D eigenvalue weighted by atomic mass is 9.83. The van der Waals surface area contributed by atoms with Crippen molar-refractivity contribution in [1.29, 1.82) is 0 Å². The fourth-order valence-electron chi connectivity index (χ4n) is 4.26. The molecule has 0 aromatic carbocycles. The molecule has 0 amide bonds. The van der Waals surface area contributed by atoms with Gasteiger partial charge in [0, 0.05) is 39.8 Å². The normalized spacial score (nSPS) is 25.6. The summed E-state index contributed by atoms with van der Waals surface area (Å²) in [6, 6.07) is 0. The predicted molar refractivity (Wildman–Crippen MR) is 128 cm³/mol.